The van der Waals surface area contributed by atoms with Crippen LogP contribution in [0.3, 0.4) is 0 Å². The van der Waals surface area contributed by atoms with Gasteiger partial charge in [0.1, 0.15) is 0 Å². The minimum absolute atomic E-state index is 0.127. The number of carbonyl (C=O) groups is 1. The maximum absolute atomic E-state index is 12.4. The van der Waals surface area contributed by atoms with E-state index in [1.54, 1.807) is 0 Å². The second kappa shape index (κ2) is 7.28. The largest absolute Gasteiger partial charge is 0.329 e. The fourth-order valence-corrected chi connectivity index (χ4v) is 2.18. The molecule has 1 amide bonds. The summed E-state index contributed by atoms with van der Waals surface area (Å²) in [5.74, 6) is 0.141. The first kappa shape index (κ1) is 16.5. The smallest absolute Gasteiger partial charge is 0.249 e. The van der Waals surface area contributed by atoms with Crippen LogP contribution in [0.15, 0.2) is 0 Å². The summed E-state index contributed by atoms with van der Waals surface area (Å²) in [6, 6.07) is 0. The molecule has 0 saturated carbocycles. The van der Waals surface area contributed by atoms with E-state index in [1.165, 1.54) is 0 Å². The first-order valence-electron chi connectivity index (χ1n) is 7.30. The topological polar surface area (TPSA) is 93.8 Å². The first-order chi connectivity index (χ1) is 9.56. The lowest BCUT2D eigenvalue weighted by Crippen LogP contribution is -2.42. The highest BCUT2D eigenvalue weighted by Crippen LogP contribution is 2.26. The summed E-state index contributed by atoms with van der Waals surface area (Å²) in [6.07, 6.45) is 2.93. The number of aryl methyl sites for hydroxylation is 2. The highest BCUT2D eigenvalue weighted by atomic mass is 16.2. The van der Waals surface area contributed by atoms with E-state index < -0.39 is 5.41 Å². The molecule has 20 heavy (non-hydrogen) atoms. The molecule has 1 aromatic rings. The molecular formula is C14H25N5O. The second-order valence-corrected chi connectivity index (χ2v) is 4.88. The van der Waals surface area contributed by atoms with Gasteiger partial charge in [0.25, 0.3) is 0 Å². The number of nitrogens with zero attached hydrogens (tertiary/aromatic N) is 3. The van der Waals surface area contributed by atoms with Crippen LogP contribution in [0.5, 0.6) is 0 Å². The van der Waals surface area contributed by atoms with Crippen molar-refractivity contribution < 1.29 is 4.79 Å². The zero-order valence-corrected chi connectivity index (χ0v) is 12.9. The molecule has 0 radical (unpaired) electrons. The van der Waals surface area contributed by atoms with Crippen LogP contribution in [0.1, 0.15) is 51.9 Å². The molecule has 0 aliphatic heterocycles. The van der Waals surface area contributed by atoms with Crippen molar-refractivity contribution in [3.63, 3.8) is 0 Å². The van der Waals surface area contributed by atoms with Crippen molar-refractivity contribution in [2.24, 2.45) is 11.1 Å². The second-order valence-electron chi connectivity index (χ2n) is 4.88. The van der Waals surface area contributed by atoms with Crippen LogP contribution in [-0.2, 0) is 17.6 Å². The van der Waals surface area contributed by atoms with Crippen molar-refractivity contribution in [2.45, 2.75) is 53.4 Å². The molecule has 1 heterocycles. The van der Waals surface area contributed by atoms with E-state index in [9.17, 15) is 4.79 Å². The molecule has 0 aliphatic carbocycles. The van der Waals surface area contributed by atoms with Gasteiger partial charge in [0.05, 0.1) is 16.8 Å². The molecule has 0 bridgehead atoms. The van der Waals surface area contributed by atoms with Gasteiger partial charge in [-0.25, -0.2) is 4.98 Å². The number of hydrogen-bond acceptors (Lipinski definition) is 5. The number of nitrogens with two attached hydrogens (primary N) is 1. The van der Waals surface area contributed by atoms with Gasteiger partial charge in [-0.3, -0.25) is 10.1 Å². The van der Waals surface area contributed by atoms with E-state index in [0.29, 0.717) is 19.4 Å². The van der Waals surface area contributed by atoms with Crippen molar-refractivity contribution in [1.82, 2.24) is 15.2 Å². The van der Waals surface area contributed by atoms with Gasteiger partial charge in [0.2, 0.25) is 11.9 Å². The van der Waals surface area contributed by atoms with E-state index >= 15 is 0 Å². The number of amides is 1. The molecule has 1 aromatic heterocycles. The molecule has 0 atom stereocenters. The van der Waals surface area contributed by atoms with E-state index in [1.807, 2.05) is 27.7 Å². The maximum Gasteiger partial charge on any atom is 0.249 e. The molecule has 112 valence electrons. The van der Waals surface area contributed by atoms with Gasteiger partial charge in [-0.15, -0.1) is 10.2 Å². The fourth-order valence-electron chi connectivity index (χ4n) is 2.18. The number of hydrogen-bond donors (Lipinski definition) is 2. The van der Waals surface area contributed by atoms with Gasteiger partial charge in [-0.1, -0.05) is 27.7 Å². The minimum Gasteiger partial charge on any atom is -0.329 e. The van der Waals surface area contributed by atoms with Gasteiger partial charge in [-0.2, -0.15) is 0 Å². The SMILES string of the molecule is CCc1nnc(NC(=O)C(CC)(CC)CN)nc1CC. The van der Waals surface area contributed by atoms with E-state index in [4.69, 9.17) is 5.73 Å². The van der Waals surface area contributed by atoms with Crippen LogP contribution in [-0.4, -0.2) is 27.6 Å². The van der Waals surface area contributed by atoms with E-state index in [-0.39, 0.29) is 11.9 Å². The Bertz CT molecular complexity index is 449. The van der Waals surface area contributed by atoms with Crippen molar-refractivity contribution in [3.8, 4) is 0 Å². The van der Waals surface area contributed by atoms with Crippen LogP contribution >= 0.6 is 0 Å². The third-order valence-corrected chi connectivity index (χ3v) is 3.96. The predicted octanol–water partition coefficient (Wildman–Crippen LogP) is 1.70. The Morgan fingerprint density at radius 3 is 2.15 bits per heavy atom. The molecule has 0 saturated heterocycles. The third kappa shape index (κ3) is 3.30. The molecule has 0 aliphatic rings. The number of anilines is 1. The summed E-state index contributed by atoms with van der Waals surface area (Å²) in [4.78, 5) is 16.8. The van der Waals surface area contributed by atoms with Crippen molar-refractivity contribution in [3.05, 3.63) is 11.4 Å². The Balaban J connectivity index is 2.95. The van der Waals surface area contributed by atoms with Crippen LogP contribution in [0, 0.1) is 5.41 Å². The number of carbonyl (C=O) groups excluding carboxylic acids is 1. The molecule has 0 unspecified atom stereocenters. The molecular weight excluding hydrogens is 254 g/mol. The fraction of sp³-hybridized carbons (Fsp3) is 0.714. The minimum atomic E-state index is -0.556. The standard InChI is InChI=1S/C14H25N5O/c1-5-10-11(6-2)18-19-13(16-10)17-12(20)14(7-3,8-4)9-15/h5-9,15H2,1-4H3,(H,16,17,19,20). The van der Waals surface area contributed by atoms with Crippen molar-refractivity contribution >= 4 is 11.9 Å². The molecule has 6 nitrogen and oxygen atoms in total. The molecule has 0 spiro atoms. The summed E-state index contributed by atoms with van der Waals surface area (Å²) >= 11 is 0. The lowest BCUT2D eigenvalue weighted by atomic mass is 9.81. The van der Waals surface area contributed by atoms with Gasteiger partial charge in [0, 0.05) is 6.54 Å². The van der Waals surface area contributed by atoms with Gasteiger partial charge in [0.15, 0.2) is 0 Å². The molecule has 1 rings (SSSR count). The summed E-state index contributed by atoms with van der Waals surface area (Å²) in [6.45, 7) is 8.26. The summed E-state index contributed by atoms with van der Waals surface area (Å²) in [7, 11) is 0. The Morgan fingerprint density at radius 2 is 1.70 bits per heavy atom. The van der Waals surface area contributed by atoms with Gasteiger partial charge in [-0.05, 0) is 25.7 Å². The molecule has 0 aromatic carbocycles. The zero-order valence-electron chi connectivity index (χ0n) is 12.9. The Hall–Kier alpha value is -1.56. The lowest BCUT2D eigenvalue weighted by Gasteiger charge is -2.27. The summed E-state index contributed by atoms with van der Waals surface area (Å²) in [5.41, 5.74) is 6.97. The van der Waals surface area contributed by atoms with Crippen molar-refractivity contribution in [1.29, 1.82) is 0 Å². The van der Waals surface area contributed by atoms with Crippen LogP contribution in [0.4, 0.5) is 5.95 Å². The van der Waals surface area contributed by atoms with Crippen LogP contribution < -0.4 is 11.1 Å². The van der Waals surface area contributed by atoms with Crippen molar-refractivity contribution in [2.75, 3.05) is 11.9 Å². The van der Waals surface area contributed by atoms with Gasteiger partial charge >= 0.3 is 0 Å². The maximum atomic E-state index is 12.4. The third-order valence-electron chi connectivity index (χ3n) is 3.96. The van der Waals surface area contributed by atoms with Crippen LogP contribution in [0.25, 0.3) is 0 Å². The van der Waals surface area contributed by atoms with E-state index in [0.717, 1.165) is 24.2 Å². The number of rotatable bonds is 7. The highest BCUT2D eigenvalue weighted by Gasteiger charge is 2.33. The average molecular weight is 279 g/mol. The van der Waals surface area contributed by atoms with Gasteiger partial charge < -0.3 is 5.73 Å². The Kier molecular flexibility index (Phi) is 6.01. The molecule has 3 N–H and O–H groups in total. The highest BCUT2D eigenvalue weighted by molar-refractivity contribution is 5.94. The predicted molar refractivity (Wildman–Crippen MR) is 79.3 cm³/mol. The summed E-state index contributed by atoms with van der Waals surface area (Å²) < 4.78 is 0. The lowest BCUT2D eigenvalue weighted by molar-refractivity contribution is -0.125. The number of nitrogens with one attached hydrogen (secondary N) is 1. The Labute approximate surface area is 120 Å². The molecule has 6 heteroatoms. The molecule has 0 fully saturated rings. The van der Waals surface area contributed by atoms with E-state index in [2.05, 4.69) is 20.5 Å². The summed E-state index contributed by atoms with van der Waals surface area (Å²) in [5, 5.41) is 10.9. The Morgan fingerprint density at radius 1 is 1.10 bits per heavy atom. The zero-order chi connectivity index (χ0) is 15.2. The number of aromatic nitrogens is 3. The monoisotopic (exact) mass is 279 g/mol. The van der Waals surface area contributed by atoms with Crippen LogP contribution in [0.2, 0.25) is 0 Å². The quantitative estimate of drug-likeness (QED) is 0.792. The normalized spacial score (nSPS) is 11.4. The average Bonchev–Trinajstić information content (AvgIpc) is 2.49. The first-order valence-corrected chi connectivity index (χ1v) is 7.30.